The van der Waals surface area contributed by atoms with Crippen LogP contribution in [-0.4, -0.2) is 92.1 Å². The van der Waals surface area contributed by atoms with Gasteiger partial charge in [-0.1, -0.05) is 31.2 Å². The predicted molar refractivity (Wildman–Crippen MR) is 169 cm³/mol. The van der Waals surface area contributed by atoms with Crippen LogP contribution in [0.15, 0.2) is 18.3 Å². The minimum atomic E-state index is -1.45. The van der Waals surface area contributed by atoms with Crippen LogP contribution in [0.3, 0.4) is 0 Å². The van der Waals surface area contributed by atoms with Crippen LogP contribution in [0, 0.1) is 0 Å². The molecule has 0 saturated carbocycles. The number of amides is 1. The van der Waals surface area contributed by atoms with E-state index < -0.39 is 39.0 Å². The van der Waals surface area contributed by atoms with Crippen molar-refractivity contribution in [1.29, 1.82) is 0 Å². The zero-order valence-corrected chi connectivity index (χ0v) is 27.3. The number of hydrogen-bond acceptors (Lipinski definition) is 10. The van der Waals surface area contributed by atoms with Crippen molar-refractivity contribution in [2.24, 2.45) is 0 Å². The van der Waals surface area contributed by atoms with Gasteiger partial charge in [0.05, 0.1) is 42.5 Å². The Morgan fingerprint density at radius 2 is 2.00 bits per heavy atom. The van der Waals surface area contributed by atoms with Gasteiger partial charge in [-0.3, -0.25) is 0 Å². The number of hydrogen-bond donors (Lipinski definition) is 3. The average molecular weight is 659 g/mol. The lowest BCUT2D eigenvalue weighted by atomic mass is 9.95. The number of halogens is 2. The second-order valence-corrected chi connectivity index (χ2v) is 18.7. The summed E-state index contributed by atoms with van der Waals surface area (Å²) in [6, 6.07) is 2.91. The highest BCUT2D eigenvalue weighted by Crippen LogP contribution is 2.43. The zero-order chi connectivity index (χ0) is 32.0. The number of anilines is 1. The normalized spacial score (nSPS) is 21.5. The summed E-state index contributed by atoms with van der Waals surface area (Å²) >= 11 is 6.90. The topological polar surface area (TPSA) is 161 Å². The molecule has 2 aliphatic heterocycles. The summed E-state index contributed by atoms with van der Waals surface area (Å²) in [5.74, 6) is 0.659. The van der Waals surface area contributed by atoms with E-state index in [1.165, 1.54) is 13.3 Å². The van der Waals surface area contributed by atoms with Crippen molar-refractivity contribution in [3.63, 3.8) is 0 Å². The lowest BCUT2D eigenvalue weighted by Crippen LogP contribution is -2.58. The molecule has 16 heteroatoms. The van der Waals surface area contributed by atoms with Gasteiger partial charge in [-0.2, -0.15) is 5.10 Å². The molecule has 4 aromatic rings. The molecule has 2 aliphatic rings. The van der Waals surface area contributed by atoms with Crippen LogP contribution in [0.5, 0.6) is 5.88 Å². The Morgan fingerprint density at radius 1 is 1.20 bits per heavy atom. The standard InChI is InChI=1S/C29H36ClFN8O5Si/c1-43-21-12-32-17-7-6-16(22(30)25(17)35-21)24-26-28(38(37-24)14-44-9-10-45(2,3)4)36-27(19(13-40)33-26)39-15-5-8-20(39)23(31)18(11-15)34-29(41)42/h6-7,12,15,18,20,23,34,40H,5,8-11,13-14H2,1-4H3,(H,41,42)/t15-,18-,20+,23-/m0/s1. The minimum Gasteiger partial charge on any atom is -0.480 e. The second-order valence-electron chi connectivity index (χ2n) is 12.7. The number of aliphatic hydroxyl groups excluding tert-OH is 1. The molecule has 45 heavy (non-hydrogen) atoms. The number of aliphatic hydroxyl groups is 1. The third-order valence-electron chi connectivity index (χ3n) is 8.45. The van der Waals surface area contributed by atoms with E-state index in [0.29, 0.717) is 69.6 Å². The molecule has 13 nitrogen and oxygen atoms in total. The number of nitrogens with zero attached hydrogens (tertiary/aromatic N) is 7. The third-order valence-corrected chi connectivity index (χ3v) is 10.5. The number of nitrogens with one attached hydrogen (secondary N) is 1. The molecular formula is C29H36ClFN8O5Si. The van der Waals surface area contributed by atoms with Crippen molar-refractivity contribution < 1.29 is 28.9 Å². The predicted octanol–water partition coefficient (Wildman–Crippen LogP) is 4.62. The molecule has 4 atom stereocenters. The van der Waals surface area contributed by atoms with E-state index in [-0.39, 0.29) is 24.9 Å². The van der Waals surface area contributed by atoms with Gasteiger partial charge in [0.15, 0.2) is 11.5 Å². The monoisotopic (exact) mass is 658 g/mol. The summed E-state index contributed by atoms with van der Waals surface area (Å²) < 4.78 is 28.6. The zero-order valence-electron chi connectivity index (χ0n) is 25.5. The molecule has 1 amide bonds. The van der Waals surface area contributed by atoms with Gasteiger partial charge in [0.1, 0.15) is 35.3 Å². The fourth-order valence-electron chi connectivity index (χ4n) is 6.21. The van der Waals surface area contributed by atoms with Crippen LogP contribution >= 0.6 is 11.6 Å². The van der Waals surface area contributed by atoms with Gasteiger partial charge in [0.2, 0.25) is 5.88 Å². The number of methoxy groups -OCH3 is 1. The molecule has 5 heterocycles. The Bertz CT molecular complexity index is 1750. The lowest BCUT2D eigenvalue weighted by molar-refractivity contribution is 0.0814. The average Bonchev–Trinajstić information content (AvgIpc) is 3.53. The highest BCUT2D eigenvalue weighted by atomic mass is 35.5. The van der Waals surface area contributed by atoms with Crippen molar-refractivity contribution in [3.05, 3.63) is 29.0 Å². The van der Waals surface area contributed by atoms with Gasteiger partial charge in [-0.25, -0.2) is 33.8 Å². The highest BCUT2D eigenvalue weighted by molar-refractivity contribution is 6.76. The summed E-state index contributed by atoms with van der Waals surface area (Å²) in [5.41, 5.74) is 2.99. The molecule has 2 fully saturated rings. The molecule has 6 rings (SSSR count). The van der Waals surface area contributed by atoms with Crippen molar-refractivity contribution in [2.45, 2.75) is 82.6 Å². The highest BCUT2D eigenvalue weighted by Gasteiger charge is 2.49. The first kappa shape index (κ1) is 31.3. The van der Waals surface area contributed by atoms with Crippen LogP contribution in [0.25, 0.3) is 33.5 Å². The summed E-state index contributed by atoms with van der Waals surface area (Å²) in [7, 11) is 0.149. The number of ether oxygens (including phenoxy) is 2. The first-order valence-electron chi connectivity index (χ1n) is 14.9. The summed E-state index contributed by atoms with van der Waals surface area (Å²) in [6.07, 6.45) is 0.260. The number of piperidine rings is 1. The Balaban J connectivity index is 1.46. The molecule has 240 valence electrons. The van der Waals surface area contributed by atoms with Crippen molar-refractivity contribution in [3.8, 4) is 17.1 Å². The lowest BCUT2D eigenvalue weighted by Gasteiger charge is -2.42. The van der Waals surface area contributed by atoms with Crippen LogP contribution in [-0.2, 0) is 18.1 Å². The fourth-order valence-corrected chi connectivity index (χ4v) is 7.25. The summed E-state index contributed by atoms with van der Waals surface area (Å²) in [5, 5.41) is 27.2. The van der Waals surface area contributed by atoms with E-state index in [4.69, 9.17) is 36.1 Å². The number of carboxylic acid groups (broad SMARTS) is 1. The van der Waals surface area contributed by atoms with Crippen LogP contribution in [0.4, 0.5) is 15.0 Å². The maximum absolute atomic E-state index is 15.7. The van der Waals surface area contributed by atoms with Gasteiger partial charge in [0, 0.05) is 26.3 Å². The molecule has 0 unspecified atom stereocenters. The molecule has 0 aliphatic carbocycles. The number of carbonyl (C=O) groups is 1. The van der Waals surface area contributed by atoms with E-state index in [2.05, 4.69) is 34.9 Å². The van der Waals surface area contributed by atoms with Crippen molar-refractivity contribution >= 4 is 53.8 Å². The maximum Gasteiger partial charge on any atom is 0.404 e. The van der Waals surface area contributed by atoms with E-state index >= 15 is 4.39 Å². The van der Waals surface area contributed by atoms with E-state index in [0.717, 1.165) is 6.04 Å². The first-order chi connectivity index (χ1) is 21.5. The number of rotatable bonds is 10. The molecule has 0 spiro atoms. The molecule has 0 radical (unpaired) electrons. The SMILES string of the molecule is COc1cnc2ccc(-c3nn(COCC[Si](C)(C)C)c4nc(N5[C@H]6CC[C@@H]5[C@@H](F)[C@@H](NC(=O)O)C6)c(CO)nc34)c(Cl)c2n1. The molecule has 1 aromatic carbocycles. The molecule has 2 bridgehead atoms. The van der Waals surface area contributed by atoms with Gasteiger partial charge in [0.25, 0.3) is 0 Å². The summed E-state index contributed by atoms with van der Waals surface area (Å²) in [6.45, 7) is 7.00. The van der Waals surface area contributed by atoms with Gasteiger partial charge in [-0.15, -0.1) is 0 Å². The Morgan fingerprint density at radius 3 is 2.71 bits per heavy atom. The molecule has 2 saturated heterocycles. The van der Waals surface area contributed by atoms with E-state index in [1.807, 2.05) is 4.90 Å². The molecule has 3 N–H and O–H groups in total. The molecular weight excluding hydrogens is 623 g/mol. The van der Waals surface area contributed by atoms with E-state index in [9.17, 15) is 15.0 Å². The second kappa shape index (κ2) is 12.3. The van der Waals surface area contributed by atoms with Crippen LogP contribution < -0.4 is 15.0 Å². The van der Waals surface area contributed by atoms with E-state index in [1.54, 1.807) is 16.8 Å². The smallest absolute Gasteiger partial charge is 0.404 e. The molecule has 3 aromatic heterocycles. The van der Waals surface area contributed by atoms with Crippen LogP contribution in [0.2, 0.25) is 30.7 Å². The Labute approximate surface area is 264 Å². The minimum absolute atomic E-state index is 0.0929. The van der Waals surface area contributed by atoms with Gasteiger partial charge in [-0.05, 0) is 37.4 Å². The van der Waals surface area contributed by atoms with Crippen molar-refractivity contribution in [2.75, 3.05) is 18.6 Å². The van der Waals surface area contributed by atoms with Gasteiger partial charge < -0.3 is 29.9 Å². The first-order valence-corrected chi connectivity index (χ1v) is 18.9. The van der Waals surface area contributed by atoms with Gasteiger partial charge >= 0.3 is 6.09 Å². The van der Waals surface area contributed by atoms with Crippen LogP contribution in [0.1, 0.15) is 25.0 Å². The number of benzene rings is 1. The number of alkyl halides is 1. The summed E-state index contributed by atoms with van der Waals surface area (Å²) in [4.78, 5) is 31.8. The quantitative estimate of drug-likeness (QED) is 0.161. The largest absolute Gasteiger partial charge is 0.480 e. The number of aromatic nitrogens is 6. The maximum atomic E-state index is 15.7. The number of fused-ring (bicyclic) bond motifs is 4. The Kier molecular flexibility index (Phi) is 8.54. The van der Waals surface area contributed by atoms with Crippen molar-refractivity contribution in [1.82, 2.24) is 35.0 Å². The third kappa shape index (κ3) is 6.01. The Hall–Kier alpha value is -3.66. The fraction of sp³-hybridized carbons (Fsp3) is 0.517.